The van der Waals surface area contributed by atoms with E-state index < -0.39 is 0 Å². The molecule has 0 aromatic carbocycles. The molecule has 1 aliphatic carbocycles. The first kappa shape index (κ1) is 19.7. The number of hydrogen-bond acceptors (Lipinski definition) is 2. The second-order valence-electron chi connectivity index (χ2n) is 8.23. The molecular weight excluding hydrogens is 272 g/mol. The van der Waals surface area contributed by atoms with Gasteiger partial charge in [-0.15, -0.1) is 6.58 Å². The highest BCUT2D eigenvalue weighted by molar-refractivity contribution is 4.96. The molecule has 0 spiro atoms. The fourth-order valence-corrected chi connectivity index (χ4v) is 3.72. The van der Waals surface area contributed by atoms with Crippen LogP contribution in [0.1, 0.15) is 73.1 Å². The summed E-state index contributed by atoms with van der Waals surface area (Å²) in [5, 5.41) is 9.52. The molecule has 0 amide bonds. The minimum atomic E-state index is -0.232. The lowest BCUT2D eigenvalue weighted by molar-refractivity contribution is -0.117. The van der Waals surface area contributed by atoms with Crippen molar-refractivity contribution in [3.05, 3.63) is 12.7 Å². The van der Waals surface area contributed by atoms with Crippen molar-refractivity contribution < 1.29 is 9.84 Å². The Morgan fingerprint density at radius 1 is 1.27 bits per heavy atom. The Labute approximate surface area is 138 Å². The summed E-state index contributed by atoms with van der Waals surface area (Å²) in [5.74, 6) is 2.39. The molecular formula is C20H38O2. The van der Waals surface area contributed by atoms with E-state index in [9.17, 15) is 5.11 Å². The SMILES string of the molecule is C=CC(C)(CCCC(C)C)OC1CC(CO)CCC1C(C)C. The largest absolute Gasteiger partial charge is 0.396 e. The summed E-state index contributed by atoms with van der Waals surface area (Å²) in [5.41, 5.74) is -0.232. The van der Waals surface area contributed by atoms with E-state index in [0.717, 1.165) is 25.2 Å². The third-order valence-corrected chi connectivity index (χ3v) is 5.37. The van der Waals surface area contributed by atoms with Crippen molar-refractivity contribution in [1.29, 1.82) is 0 Å². The van der Waals surface area contributed by atoms with E-state index >= 15 is 0 Å². The van der Waals surface area contributed by atoms with Crippen LogP contribution in [0.25, 0.3) is 0 Å². The molecule has 0 radical (unpaired) electrons. The molecule has 2 heteroatoms. The van der Waals surface area contributed by atoms with Gasteiger partial charge in [-0.1, -0.05) is 46.6 Å². The maximum atomic E-state index is 9.52. The number of aliphatic hydroxyl groups excluding tert-OH is 1. The minimum Gasteiger partial charge on any atom is -0.396 e. The molecule has 4 unspecified atom stereocenters. The maximum Gasteiger partial charge on any atom is 0.0835 e. The highest BCUT2D eigenvalue weighted by Crippen LogP contribution is 2.38. The lowest BCUT2D eigenvalue weighted by Gasteiger charge is -2.42. The van der Waals surface area contributed by atoms with Crippen molar-refractivity contribution in [3.8, 4) is 0 Å². The summed E-state index contributed by atoms with van der Waals surface area (Å²) in [6, 6.07) is 0. The third kappa shape index (κ3) is 6.04. The van der Waals surface area contributed by atoms with E-state index in [1.165, 1.54) is 19.3 Å². The van der Waals surface area contributed by atoms with Crippen LogP contribution in [0.4, 0.5) is 0 Å². The summed E-state index contributed by atoms with van der Waals surface area (Å²) in [6.07, 6.45) is 9.02. The van der Waals surface area contributed by atoms with Gasteiger partial charge in [0.05, 0.1) is 11.7 Å². The predicted octanol–water partition coefficient (Wildman–Crippen LogP) is 5.21. The van der Waals surface area contributed by atoms with Crippen LogP contribution in [0.2, 0.25) is 0 Å². The van der Waals surface area contributed by atoms with Crippen LogP contribution in [0, 0.1) is 23.7 Å². The van der Waals surface area contributed by atoms with Crippen LogP contribution in [0.3, 0.4) is 0 Å². The monoisotopic (exact) mass is 310 g/mol. The smallest absolute Gasteiger partial charge is 0.0835 e. The van der Waals surface area contributed by atoms with Gasteiger partial charge in [-0.25, -0.2) is 0 Å². The van der Waals surface area contributed by atoms with Gasteiger partial charge in [0.15, 0.2) is 0 Å². The number of rotatable bonds is 9. The molecule has 1 aliphatic rings. The quantitative estimate of drug-likeness (QED) is 0.593. The van der Waals surface area contributed by atoms with E-state index in [1.807, 2.05) is 6.08 Å². The zero-order valence-corrected chi connectivity index (χ0v) is 15.5. The fraction of sp³-hybridized carbons (Fsp3) is 0.900. The molecule has 130 valence electrons. The first-order chi connectivity index (χ1) is 10.3. The second kappa shape index (κ2) is 9.08. The van der Waals surface area contributed by atoms with Crippen molar-refractivity contribution in [2.75, 3.05) is 6.61 Å². The van der Waals surface area contributed by atoms with Gasteiger partial charge in [-0.05, 0) is 56.3 Å². The van der Waals surface area contributed by atoms with E-state index in [4.69, 9.17) is 4.74 Å². The van der Waals surface area contributed by atoms with Crippen LogP contribution < -0.4 is 0 Å². The Morgan fingerprint density at radius 2 is 1.95 bits per heavy atom. The van der Waals surface area contributed by atoms with E-state index in [1.54, 1.807) is 0 Å². The summed E-state index contributed by atoms with van der Waals surface area (Å²) in [6.45, 7) is 15.6. The standard InChI is InChI=1S/C20H38O2/c1-7-20(6,12-8-9-15(2)3)22-19-13-17(14-21)10-11-18(19)16(4)5/h7,15-19,21H,1,8-14H2,2-6H3. The van der Waals surface area contributed by atoms with Gasteiger partial charge in [0.25, 0.3) is 0 Å². The van der Waals surface area contributed by atoms with Crippen LogP contribution >= 0.6 is 0 Å². The predicted molar refractivity (Wildman–Crippen MR) is 94.9 cm³/mol. The normalized spacial score (nSPS) is 28.8. The second-order valence-corrected chi connectivity index (χ2v) is 8.23. The maximum absolute atomic E-state index is 9.52. The third-order valence-electron chi connectivity index (χ3n) is 5.37. The Kier molecular flexibility index (Phi) is 8.13. The Hall–Kier alpha value is -0.340. The number of hydrogen-bond donors (Lipinski definition) is 1. The summed E-state index contributed by atoms with van der Waals surface area (Å²) >= 11 is 0. The van der Waals surface area contributed by atoms with Gasteiger partial charge < -0.3 is 9.84 Å². The van der Waals surface area contributed by atoms with Gasteiger partial charge in [-0.3, -0.25) is 0 Å². The summed E-state index contributed by atoms with van der Waals surface area (Å²) in [7, 11) is 0. The molecule has 0 aromatic heterocycles. The average Bonchev–Trinajstić information content (AvgIpc) is 2.46. The van der Waals surface area contributed by atoms with Gasteiger partial charge >= 0.3 is 0 Å². The van der Waals surface area contributed by atoms with Crippen LogP contribution in [-0.4, -0.2) is 23.4 Å². The van der Waals surface area contributed by atoms with Gasteiger partial charge in [0, 0.05) is 6.61 Å². The fourth-order valence-electron chi connectivity index (χ4n) is 3.72. The Bertz CT molecular complexity index is 324. The van der Waals surface area contributed by atoms with Crippen LogP contribution in [0.5, 0.6) is 0 Å². The molecule has 4 atom stereocenters. The first-order valence-electron chi connectivity index (χ1n) is 9.23. The molecule has 0 bridgehead atoms. The molecule has 1 fully saturated rings. The molecule has 0 aliphatic heterocycles. The Balaban J connectivity index is 2.68. The summed E-state index contributed by atoms with van der Waals surface area (Å²) in [4.78, 5) is 0. The first-order valence-corrected chi connectivity index (χ1v) is 9.23. The van der Waals surface area contributed by atoms with Crippen molar-refractivity contribution in [1.82, 2.24) is 0 Å². The van der Waals surface area contributed by atoms with E-state index in [2.05, 4.69) is 41.2 Å². The van der Waals surface area contributed by atoms with Crippen molar-refractivity contribution >= 4 is 0 Å². The Morgan fingerprint density at radius 3 is 2.45 bits per heavy atom. The van der Waals surface area contributed by atoms with Crippen molar-refractivity contribution in [2.45, 2.75) is 84.8 Å². The summed E-state index contributed by atoms with van der Waals surface area (Å²) < 4.78 is 6.59. The molecule has 0 aromatic rings. The highest BCUT2D eigenvalue weighted by atomic mass is 16.5. The molecule has 1 saturated carbocycles. The van der Waals surface area contributed by atoms with Crippen LogP contribution in [-0.2, 0) is 4.74 Å². The topological polar surface area (TPSA) is 29.5 Å². The highest BCUT2D eigenvalue weighted by Gasteiger charge is 2.36. The van der Waals surface area contributed by atoms with Crippen LogP contribution in [0.15, 0.2) is 12.7 Å². The van der Waals surface area contributed by atoms with Gasteiger partial charge in [-0.2, -0.15) is 0 Å². The lowest BCUT2D eigenvalue weighted by Crippen LogP contribution is -2.42. The molecule has 1 rings (SSSR count). The van der Waals surface area contributed by atoms with E-state index in [0.29, 0.717) is 24.4 Å². The number of ether oxygens (including phenoxy) is 1. The van der Waals surface area contributed by atoms with E-state index in [-0.39, 0.29) is 11.7 Å². The minimum absolute atomic E-state index is 0.232. The number of aliphatic hydroxyl groups is 1. The van der Waals surface area contributed by atoms with Gasteiger partial charge in [0.1, 0.15) is 0 Å². The average molecular weight is 311 g/mol. The molecule has 0 saturated heterocycles. The zero-order valence-electron chi connectivity index (χ0n) is 15.5. The molecule has 1 N–H and O–H groups in total. The molecule has 22 heavy (non-hydrogen) atoms. The van der Waals surface area contributed by atoms with Gasteiger partial charge in [0.2, 0.25) is 0 Å². The molecule has 0 heterocycles. The lowest BCUT2D eigenvalue weighted by atomic mass is 9.74. The zero-order chi connectivity index (χ0) is 16.8. The molecule has 2 nitrogen and oxygen atoms in total. The van der Waals surface area contributed by atoms with Crippen molar-refractivity contribution in [2.24, 2.45) is 23.7 Å². The van der Waals surface area contributed by atoms with Crippen molar-refractivity contribution in [3.63, 3.8) is 0 Å².